The van der Waals surface area contributed by atoms with Crippen LogP contribution in [0.15, 0.2) is 0 Å². The largest absolute Gasteiger partial charge is 0.351 e. The molecule has 1 atom stereocenters. The van der Waals surface area contributed by atoms with E-state index in [4.69, 9.17) is 6.42 Å². The molecule has 0 bridgehead atoms. The van der Waals surface area contributed by atoms with Crippen molar-refractivity contribution < 1.29 is 4.92 Å². The zero-order valence-corrected chi connectivity index (χ0v) is 11.8. The first-order chi connectivity index (χ1) is 8.92. The number of terminal acetylenes is 1. The molecular weight excluding hydrogens is 244 g/mol. The molecule has 1 aromatic rings. The fourth-order valence-electron chi connectivity index (χ4n) is 1.92. The first-order valence-electron chi connectivity index (χ1n) is 6.38. The molecule has 0 spiro atoms. The Morgan fingerprint density at radius 3 is 2.63 bits per heavy atom. The van der Waals surface area contributed by atoms with Crippen LogP contribution in [-0.2, 0) is 0 Å². The van der Waals surface area contributed by atoms with Crippen LogP contribution in [0.1, 0.15) is 45.3 Å². The fraction of sp³-hybridized carbons (Fsp3) is 0.615. The van der Waals surface area contributed by atoms with Crippen LogP contribution in [0.4, 0.5) is 11.5 Å². The van der Waals surface area contributed by atoms with Gasteiger partial charge >= 0.3 is 5.69 Å². The minimum Gasteiger partial charge on any atom is -0.351 e. The molecule has 1 rings (SSSR count). The van der Waals surface area contributed by atoms with Crippen molar-refractivity contribution in [2.75, 3.05) is 5.32 Å². The van der Waals surface area contributed by atoms with Gasteiger partial charge in [-0.05, 0) is 27.2 Å². The summed E-state index contributed by atoms with van der Waals surface area (Å²) < 4.78 is 1.62. The Hall–Kier alpha value is -2.03. The maximum atomic E-state index is 11.2. The molecule has 0 aromatic carbocycles. The van der Waals surface area contributed by atoms with Crippen molar-refractivity contribution in [3.8, 4) is 12.3 Å². The average molecular weight is 264 g/mol. The SMILES string of the molecule is C#CC(CCC)Nc1c([N+](=O)[O-])c(C)nn1C(C)C. The molecule has 6 nitrogen and oxygen atoms in total. The lowest BCUT2D eigenvalue weighted by Crippen LogP contribution is -2.21. The van der Waals surface area contributed by atoms with E-state index in [0.717, 1.165) is 12.8 Å². The lowest BCUT2D eigenvalue weighted by atomic mass is 10.2. The molecule has 0 aliphatic heterocycles. The van der Waals surface area contributed by atoms with Crippen molar-refractivity contribution in [2.24, 2.45) is 0 Å². The molecule has 104 valence electrons. The molecule has 0 aliphatic rings. The third kappa shape index (κ3) is 3.25. The molecular formula is C13H20N4O2. The molecule has 0 fully saturated rings. The summed E-state index contributed by atoms with van der Waals surface area (Å²) in [5.74, 6) is 3.02. The van der Waals surface area contributed by atoms with E-state index in [9.17, 15) is 10.1 Å². The number of aryl methyl sites for hydroxylation is 1. The summed E-state index contributed by atoms with van der Waals surface area (Å²) in [5, 5.41) is 18.5. The van der Waals surface area contributed by atoms with E-state index in [0.29, 0.717) is 11.5 Å². The molecule has 19 heavy (non-hydrogen) atoms. The average Bonchev–Trinajstić information content (AvgIpc) is 2.65. The van der Waals surface area contributed by atoms with Crippen molar-refractivity contribution in [1.82, 2.24) is 9.78 Å². The highest BCUT2D eigenvalue weighted by atomic mass is 16.6. The molecule has 0 aliphatic carbocycles. The van der Waals surface area contributed by atoms with Crippen LogP contribution in [0.5, 0.6) is 0 Å². The van der Waals surface area contributed by atoms with E-state index in [1.807, 2.05) is 20.8 Å². The quantitative estimate of drug-likeness (QED) is 0.487. The Balaban J connectivity index is 3.22. The maximum Gasteiger partial charge on any atom is 0.333 e. The van der Waals surface area contributed by atoms with E-state index >= 15 is 0 Å². The summed E-state index contributed by atoms with van der Waals surface area (Å²) in [6.45, 7) is 7.50. The topological polar surface area (TPSA) is 73.0 Å². The van der Waals surface area contributed by atoms with E-state index in [1.165, 1.54) is 0 Å². The van der Waals surface area contributed by atoms with Crippen LogP contribution in [0, 0.1) is 29.4 Å². The Morgan fingerprint density at radius 2 is 2.21 bits per heavy atom. The van der Waals surface area contributed by atoms with Gasteiger partial charge in [-0.15, -0.1) is 6.42 Å². The minimum absolute atomic E-state index is 0.00468. The summed E-state index contributed by atoms with van der Waals surface area (Å²) in [6, 6.07) is -0.202. The normalized spacial score (nSPS) is 12.2. The summed E-state index contributed by atoms with van der Waals surface area (Å²) in [4.78, 5) is 10.8. The predicted molar refractivity (Wildman–Crippen MR) is 75.2 cm³/mol. The number of nitro groups is 1. The third-order valence-electron chi connectivity index (χ3n) is 2.82. The van der Waals surface area contributed by atoms with Gasteiger partial charge < -0.3 is 5.32 Å². The Bertz CT molecular complexity index is 499. The van der Waals surface area contributed by atoms with Crippen LogP contribution in [0.25, 0.3) is 0 Å². The standard InChI is InChI=1S/C13H20N4O2/c1-6-8-11(7-2)14-13-12(17(18)19)10(5)15-16(13)9(3)4/h2,9,11,14H,6,8H2,1,3-5H3. The molecule has 1 heterocycles. The Morgan fingerprint density at radius 1 is 1.58 bits per heavy atom. The lowest BCUT2D eigenvalue weighted by molar-refractivity contribution is -0.384. The highest BCUT2D eigenvalue weighted by Crippen LogP contribution is 2.31. The number of aromatic nitrogens is 2. The summed E-state index contributed by atoms with van der Waals surface area (Å²) >= 11 is 0. The van der Waals surface area contributed by atoms with E-state index in [-0.39, 0.29) is 17.8 Å². The first kappa shape index (κ1) is 15.0. The minimum atomic E-state index is -0.414. The highest BCUT2D eigenvalue weighted by Gasteiger charge is 2.27. The molecule has 1 unspecified atom stereocenters. The van der Waals surface area contributed by atoms with Crippen molar-refractivity contribution in [2.45, 2.75) is 52.6 Å². The van der Waals surface area contributed by atoms with Gasteiger partial charge in [0.05, 0.1) is 11.0 Å². The summed E-state index contributed by atoms with van der Waals surface area (Å²) in [5.41, 5.74) is 0.401. The molecule has 1 aromatic heterocycles. The van der Waals surface area contributed by atoms with Crippen LogP contribution in [-0.4, -0.2) is 20.7 Å². The van der Waals surface area contributed by atoms with Gasteiger partial charge in [-0.1, -0.05) is 19.3 Å². The molecule has 0 saturated carbocycles. The van der Waals surface area contributed by atoms with Crippen LogP contribution >= 0.6 is 0 Å². The van der Waals surface area contributed by atoms with E-state index in [1.54, 1.807) is 11.6 Å². The van der Waals surface area contributed by atoms with Gasteiger partial charge in [0.25, 0.3) is 0 Å². The number of hydrogen-bond acceptors (Lipinski definition) is 4. The van der Waals surface area contributed by atoms with Gasteiger partial charge in [0.15, 0.2) is 0 Å². The Kier molecular flexibility index (Phi) is 4.93. The maximum absolute atomic E-state index is 11.2. The zero-order valence-electron chi connectivity index (χ0n) is 11.8. The second kappa shape index (κ2) is 6.23. The number of anilines is 1. The van der Waals surface area contributed by atoms with E-state index in [2.05, 4.69) is 16.3 Å². The van der Waals surface area contributed by atoms with Gasteiger partial charge in [-0.2, -0.15) is 5.10 Å². The molecule has 0 radical (unpaired) electrons. The number of nitrogens with one attached hydrogen (secondary N) is 1. The fourth-order valence-corrected chi connectivity index (χ4v) is 1.92. The molecule has 1 N–H and O–H groups in total. The molecule has 6 heteroatoms. The predicted octanol–water partition coefficient (Wildman–Crippen LogP) is 2.89. The van der Waals surface area contributed by atoms with Crippen molar-refractivity contribution in [3.63, 3.8) is 0 Å². The van der Waals surface area contributed by atoms with Crippen molar-refractivity contribution in [1.29, 1.82) is 0 Å². The second-order valence-corrected chi connectivity index (χ2v) is 4.73. The third-order valence-corrected chi connectivity index (χ3v) is 2.82. The van der Waals surface area contributed by atoms with Gasteiger partial charge in [0.2, 0.25) is 5.82 Å². The van der Waals surface area contributed by atoms with Crippen LogP contribution in [0.2, 0.25) is 0 Å². The second-order valence-electron chi connectivity index (χ2n) is 4.73. The van der Waals surface area contributed by atoms with Crippen molar-refractivity contribution in [3.05, 3.63) is 15.8 Å². The Labute approximate surface area is 113 Å². The lowest BCUT2D eigenvalue weighted by Gasteiger charge is -2.16. The summed E-state index contributed by atoms with van der Waals surface area (Å²) in [6.07, 6.45) is 7.12. The van der Waals surface area contributed by atoms with E-state index < -0.39 is 4.92 Å². The number of nitrogens with zero attached hydrogens (tertiary/aromatic N) is 3. The van der Waals surface area contributed by atoms with Gasteiger partial charge in [0, 0.05) is 6.04 Å². The number of hydrogen-bond donors (Lipinski definition) is 1. The molecule has 0 saturated heterocycles. The smallest absolute Gasteiger partial charge is 0.333 e. The first-order valence-corrected chi connectivity index (χ1v) is 6.38. The van der Waals surface area contributed by atoms with Gasteiger partial charge in [-0.25, -0.2) is 4.68 Å². The van der Waals surface area contributed by atoms with Gasteiger partial charge in [-0.3, -0.25) is 10.1 Å². The zero-order chi connectivity index (χ0) is 14.6. The van der Waals surface area contributed by atoms with Crippen LogP contribution in [0.3, 0.4) is 0 Å². The van der Waals surface area contributed by atoms with Gasteiger partial charge in [0.1, 0.15) is 5.69 Å². The summed E-state index contributed by atoms with van der Waals surface area (Å²) in [7, 11) is 0. The van der Waals surface area contributed by atoms with Crippen LogP contribution < -0.4 is 5.32 Å². The monoisotopic (exact) mass is 264 g/mol. The molecule has 0 amide bonds. The number of rotatable bonds is 6. The van der Waals surface area contributed by atoms with Crippen molar-refractivity contribution >= 4 is 11.5 Å². The highest BCUT2D eigenvalue weighted by molar-refractivity contribution is 5.60.